The zero-order chi connectivity index (χ0) is 16.7. The summed E-state index contributed by atoms with van der Waals surface area (Å²) in [5.74, 6) is 1.04. The van der Waals surface area contributed by atoms with Gasteiger partial charge in [0.25, 0.3) is 0 Å². The van der Waals surface area contributed by atoms with Gasteiger partial charge in [-0.3, -0.25) is 4.79 Å². The summed E-state index contributed by atoms with van der Waals surface area (Å²) in [6.07, 6.45) is 3.57. The standard InChI is InChI=1S/C19H29NO3/c1-15-8-10-17(11-9-15)19(22)20(2)12-18(21)14-23-13-16-6-4-3-5-7-16/h3-7,15,17-18,21H,8-14H2,1-2H3. The molecule has 0 aromatic heterocycles. The number of likely N-dealkylation sites (N-methyl/N-ethyl adjacent to an activating group) is 1. The van der Waals surface area contributed by atoms with Crippen molar-refractivity contribution >= 4 is 5.91 Å². The van der Waals surface area contributed by atoms with Crippen LogP contribution in [0.1, 0.15) is 38.2 Å². The van der Waals surface area contributed by atoms with Crippen LogP contribution in [0.4, 0.5) is 0 Å². The van der Waals surface area contributed by atoms with Crippen LogP contribution in [0, 0.1) is 11.8 Å². The first-order valence-corrected chi connectivity index (χ1v) is 8.61. The summed E-state index contributed by atoms with van der Waals surface area (Å²) in [5, 5.41) is 10.1. The molecule has 128 valence electrons. The number of ether oxygens (including phenoxy) is 1. The number of hydrogen-bond donors (Lipinski definition) is 1. The minimum atomic E-state index is -0.643. The minimum Gasteiger partial charge on any atom is -0.389 e. The molecule has 1 aliphatic carbocycles. The zero-order valence-electron chi connectivity index (χ0n) is 14.3. The van der Waals surface area contributed by atoms with E-state index in [2.05, 4.69) is 6.92 Å². The Balaban J connectivity index is 1.67. The van der Waals surface area contributed by atoms with Crippen LogP contribution < -0.4 is 0 Å². The molecule has 2 rings (SSSR count). The molecule has 1 saturated carbocycles. The first-order valence-electron chi connectivity index (χ1n) is 8.61. The Morgan fingerprint density at radius 3 is 2.57 bits per heavy atom. The van der Waals surface area contributed by atoms with Gasteiger partial charge in [0.15, 0.2) is 0 Å². The SMILES string of the molecule is CC1CCC(C(=O)N(C)CC(O)COCc2ccccc2)CC1. The highest BCUT2D eigenvalue weighted by molar-refractivity contribution is 5.78. The second kappa shape index (κ2) is 9.04. The fraction of sp³-hybridized carbons (Fsp3) is 0.632. The maximum absolute atomic E-state index is 12.4. The molecular formula is C19H29NO3. The van der Waals surface area contributed by atoms with Gasteiger partial charge in [0, 0.05) is 19.5 Å². The molecule has 1 fully saturated rings. The van der Waals surface area contributed by atoms with Crippen molar-refractivity contribution < 1.29 is 14.6 Å². The summed E-state index contributed by atoms with van der Waals surface area (Å²) >= 11 is 0. The minimum absolute atomic E-state index is 0.133. The lowest BCUT2D eigenvalue weighted by atomic mass is 9.82. The first kappa shape index (κ1) is 18.0. The van der Waals surface area contributed by atoms with Crippen LogP contribution >= 0.6 is 0 Å². The van der Waals surface area contributed by atoms with E-state index in [4.69, 9.17) is 4.74 Å². The molecule has 1 aromatic carbocycles. The second-order valence-corrected chi connectivity index (χ2v) is 6.83. The molecule has 0 spiro atoms. The molecule has 0 heterocycles. The van der Waals surface area contributed by atoms with Gasteiger partial charge >= 0.3 is 0 Å². The fourth-order valence-electron chi connectivity index (χ4n) is 3.16. The number of benzene rings is 1. The monoisotopic (exact) mass is 319 g/mol. The predicted molar refractivity (Wildman–Crippen MR) is 90.9 cm³/mol. The van der Waals surface area contributed by atoms with E-state index in [0.717, 1.165) is 37.2 Å². The van der Waals surface area contributed by atoms with E-state index in [1.165, 1.54) is 0 Å². The van der Waals surface area contributed by atoms with E-state index < -0.39 is 6.10 Å². The topological polar surface area (TPSA) is 49.8 Å². The van der Waals surface area contributed by atoms with E-state index in [-0.39, 0.29) is 18.4 Å². The van der Waals surface area contributed by atoms with Crippen LogP contribution in [0.3, 0.4) is 0 Å². The average molecular weight is 319 g/mol. The van der Waals surface area contributed by atoms with E-state index in [9.17, 15) is 9.90 Å². The molecule has 0 bridgehead atoms. The van der Waals surface area contributed by atoms with Crippen molar-refractivity contribution in [1.29, 1.82) is 0 Å². The molecule has 0 saturated heterocycles. The van der Waals surface area contributed by atoms with Crippen LogP contribution in [0.2, 0.25) is 0 Å². The van der Waals surface area contributed by atoms with Gasteiger partial charge < -0.3 is 14.7 Å². The number of rotatable bonds is 7. The third-order valence-electron chi connectivity index (χ3n) is 4.65. The summed E-state index contributed by atoms with van der Waals surface area (Å²) < 4.78 is 5.53. The summed E-state index contributed by atoms with van der Waals surface area (Å²) in [7, 11) is 1.78. The van der Waals surface area contributed by atoms with E-state index in [1.54, 1.807) is 11.9 Å². The Kier molecular flexibility index (Phi) is 7.06. The van der Waals surface area contributed by atoms with Gasteiger partial charge in [-0.15, -0.1) is 0 Å². The Labute approximate surface area is 139 Å². The molecule has 1 aromatic rings. The number of carbonyl (C=O) groups is 1. The normalized spacial score (nSPS) is 22.6. The summed E-state index contributed by atoms with van der Waals surface area (Å²) in [6.45, 7) is 3.31. The highest BCUT2D eigenvalue weighted by Gasteiger charge is 2.27. The third-order valence-corrected chi connectivity index (χ3v) is 4.65. The molecule has 1 unspecified atom stereocenters. The van der Waals surface area contributed by atoms with Crippen molar-refractivity contribution in [1.82, 2.24) is 4.90 Å². The van der Waals surface area contributed by atoms with Crippen molar-refractivity contribution in [2.24, 2.45) is 11.8 Å². The molecule has 1 N–H and O–H groups in total. The average Bonchev–Trinajstić information content (AvgIpc) is 2.56. The molecule has 23 heavy (non-hydrogen) atoms. The largest absolute Gasteiger partial charge is 0.389 e. The highest BCUT2D eigenvalue weighted by Crippen LogP contribution is 2.29. The molecule has 0 radical (unpaired) electrons. The molecular weight excluding hydrogens is 290 g/mol. The van der Waals surface area contributed by atoms with Crippen molar-refractivity contribution in [3.8, 4) is 0 Å². The van der Waals surface area contributed by atoms with Crippen LogP contribution in [-0.4, -0.2) is 42.2 Å². The Hall–Kier alpha value is -1.39. The van der Waals surface area contributed by atoms with Gasteiger partial charge in [0.1, 0.15) is 0 Å². The maximum Gasteiger partial charge on any atom is 0.225 e. The van der Waals surface area contributed by atoms with E-state index in [0.29, 0.717) is 13.2 Å². The van der Waals surface area contributed by atoms with Gasteiger partial charge in [-0.2, -0.15) is 0 Å². The van der Waals surface area contributed by atoms with Gasteiger partial charge in [0.2, 0.25) is 5.91 Å². The van der Waals surface area contributed by atoms with Gasteiger partial charge in [-0.25, -0.2) is 0 Å². The Morgan fingerprint density at radius 2 is 1.91 bits per heavy atom. The van der Waals surface area contributed by atoms with Gasteiger partial charge in [0.05, 0.1) is 19.3 Å². The maximum atomic E-state index is 12.4. The van der Waals surface area contributed by atoms with Gasteiger partial charge in [-0.1, -0.05) is 37.3 Å². The van der Waals surface area contributed by atoms with Crippen LogP contribution in [0.25, 0.3) is 0 Å². The van der Waals surface area contributed by atoms with Crippen molar-refractivity contribution in [3.63, 3.8) is 0 Å². The second-order valence-electron chi connectivity index (χ2n) is 6.83. The van der Waals surface area contributed by atoms with E-state index >= 15 is 0 Å². The quantitative estimate of drug-likeness (QED) is 0.841. The Bertz CT molecular complexity index is 469. The summed E-state index contributed by atoms with van der Waals surface area (Å²) in [4.78, 5) is 14.1. The number of aliphatic hydroxyl groups excluding tert-OH is 1. The third kappa shape index (κ3) is 5.96. The fourth-order valence-corrected chi connectivity index (χ4v) is 3.16. The first-order chi connectivity index (χ1) is 11.1. The van der Waals surface area contributed by atoms with Crippen molar-refractivity contribution in [2.75, 3.05) is 20.2 Å². The lowest BCUT2D eigenvalue weighted by Gasteiger charge is -2.30. The number of nitrogens with zero attached hydrogens (tertiary/aromatic N) is 1. The predicted octanol–water partition coefficient (Wildman–Crippen LogP) is 2.85. The number of aliphatic hydroxyl groups is 1. The van der Waals surface area contributed by atoms with E-state index in [1.807, 2.05) is 30.3 Å². The Morgan fingerprint density at radius 1 is 1.26 bits per heavy atom. The van der Waals surface area contributed by atoms with Crippen LogP contribution in [0.5, 0.6) is 0 Å². The number of hydrogen-bond acceptors (Lipinski definition) is 3. The van der Waals surface area contributed by atoms with Gasteiger partial charge in [-0.05, 0) is 37.2 Å². The molecule has 1 atom stereocenters. The molecule has 4 heteroatoms. The lowest BCUT2D eigenvalue weighted by Crippen LogP contribution is -2.40. The smallest absolute Gasteiger partial charge is 0.225 e. The molecule has 4 nitrogen and oxygen atoms in total. The summed E-state index contributed by atoms with van der Waals surface area (Å²) in [5.41, 5.74) is 1.08. The zero-order valence-corrected chi connectivity index (χ0v) is 14.3. The highest BCUT2D eigenvalue weighted by atomic mass is 16.5. The molecule has 1 aliphatic rings. The lowest BCUT2D eigenvalue weighted by molar-refractivity contribution is -0.137. The van der Waals surface area contributed by atoms with Crippen LogP contribution in [-0.2, 0) is 16.1 Å². The number of amides is 1. The van der Waals surface area contributed by atoms with Crippen molar-refractivity contribution in [3.05, 3.63) is 35.9 Å². The van der Waals surface area contributed by atoms with Crippen molar-refractivity contribution in [2.45, 2.75) is 45.3 Å². The number of carbonyl (C=O) groups excluding carboxylic acids is 1. The van der Waals surface area contributed by atoms with Crippen LogP contribution in [0.15, 0.2) is 30.3 Å². The molecule has 1 amide bonds. The summed E-state index contributed by atoms with van der Waals surface area (Å²) in [6, 6.07) is 9.88. The molecule has 0 aliphatic heterocycles.